The van der Waals surface area contributed by atoms with E-state index in [1.807, 2.05) is 48.5 Å². The molecule has 4 rings (SSSR count). The lowest BCUT2D eigenvalue weighted by Gasteiger charge is -2.28. The third-order valence-corrected chi connectivity index (χ3v) is 7.66. The first-order chi connectivity index (χ1) is 22.5. The Bertz CT molecular complexity index is 1430. The number of carbonyl (C=O) groups excluding carboxylic acids is 3. The van der Waals surface area contributed by atoms with E-state index in [2.05, 4.69) is 27.9 Å². The van der Waals surface area contributed by atoms with E-state index >= 15 is 0 Å². The van der Waals surface area contributed by atoms with Gasteiger partial charge in [0.1, 0.15) is 12.3 Å². The summed E-state index contributed by atoms with van der Waals surface area (Å²) in [6, 6.07) is 15.5. The molecule has 2 N–H and O–H groups in total. The minimum Gasteiger partial charge on any atom is -0.448 e. The second-order valence-electron chi connectivity index (χ2n) is 11.1. The average Bonchev–Trinajstić information content (AvgIpc) is 3.47. The maximum atomic E-state index is 13.7. The van der Waals surface area contributed by atoms with Gasteiger partial charge >= 0.3 is 6.09 Å². The summed E-state index contributed by atoms with van der Waals surface area (Å²) in [5, 5.41) is 14.6. The first kappa shape index (κ1) is 34.6. The summed E-state index contributed by atoms with van der Waals surface area (Å²) in [5.74, 6) is -0.218. The number of anilines is 1. The van der Waals surface area contributed by atoms with Gasteiger partial charge in [0.2, 0.25) is 11.8 Å². The van der Waals surface area contributed by atoms with Crippen LogP contribution in [0.1, 0.15) is 57.4 Å². The molecule has 0 fully saturated rings. The predicted molar refractivity (Wildman–Crippen MR) is 175 cm³/mol. The maximum absolute atomic E-state index is 13.7. The molecule has 1 aromatic heterocycles. The number of fused-ring (bicyclic) bond motifs is 5. The molecule has 0 saturated heterocycles. The number of alkyl carbamates (subject to hydrolysis) is 1. The highest BCUT2D eigenvalue weighted by Crippen LogP contribution is 2.41. The number of nitrogens with zero attached hydrogens (tertiary/aromatic N) is 4. The van der Waals surface area contributed by atoms with Crippen molar-refractivity contribution in [1.29, 1.82) is 0 Å². The summed E-state index contributed by atoms with van der Waals surface area (Å²) >= 11 is 0. The van der Waals surface area contributed by atoms with Gasteiger partial charge in [0, 0.05) is 64.0 Å². The van der Waals surface area contributed by atoms with Crippen LogP contribution in [-0.2, 0) is 36.9 Å². The fourth-order valence-electron chi connectivity index (χ4n) is 5.31. The smallest absolute Gasteiger partial charge is 0.407 e. The number of rotatable bonds is 18. The van der Waals surface area contributed by atoms with Gasteiger partial charge < -0.3 is 29.7 Å². The zero-order valence-corrected chi connectivity index (χ0v) is 27.0. The molecule has 46 heavy (non-hydrogen) atoms. The van der Waals surface area contributed by atoms with Crippen molar-refractivity contribution in [1.82, 2.24) is 25.6 Å². The van der Waals surface area contributed by atoms with Crippen LogP contribution in [0.5, 0.6) is 0 Å². The lowest BCUT2D eigenvalue weighted by Crippen LogP contribution is -2.35. The standard InChI is InChI=1S/C34H46N6O6/c1-3-4-9-18-36-34(43)46-24-20-40-33-27-13-6-5-12-26(27)25-39(29-15-8-7-14-28(29)32(33)37-38-40)31(42)17-19-35-30(41)16-10-22-45-23-11-21-44-2/h5-8,12-15H,3-4,9-11,16-25H2,1-2H3,(H,35,41)(H,36,43). The first-order valence-corrected chi connectivity index (χ1v) is 16.2. The van der Waals surface area contributed by atoms with E-state index in [1.54, 1.807) is 16.7 Å². The van der Waals surface area contributed by atoms with Gasteiger partial charge in [-0.1, -0.05) is 67.4 Å². The molecule has 0 bridgehead atoms. The minimum atomic E-state index is -0.446. The van der Waals surface area contributed by atoms with Gasteiger partial charge in [0.25, 0.3) is 0 Å². The number of carbonyl (C=O) groups is 3. The predicted octanol–water partition coefficient (Wildman–Crippen LogP) is 4.71. The Kier molecular flexibility index (Phi) is 14.0. The number of hydrogen-bond donors (Lipinski definition) is 2. The molecule has 3 amide bonds. The van der Waals surface area contributed by atoms with E-state index in [1.165, 1.54) is 0 Å². The first-order valence-electron chi connectivity index (χ1n) is 16.2. The number of benzene rings is 2. The van der Waals surface area contributed by atoms with Crippen molar-refractivity contribution in [3.05, 3.63) is 54.1 Å². The van der Waals surface area contributed by atoms with E-state index in [0.29, 0.717) is 58.0 Å². The zero-order chi connectivity index (χ0) is 32.6. The van der Waals surface area contributed by atoms with Crippen molar-refractivity contribution in [3.63, 3.8) is 0 Å². The zero-order valence-electron chi connectivity index (χ0n) is 27.0. The topological polar surface area (TPSA) is 137 Å². The van der Waals surface area contributed by atoms with Crippen LogP contribution in [0.4, 0.5) is 10.5 Å². The van der Waals surface area contributed by atoms with E-state index < -0.39 is 6.09 Å². The number of para-hydroxylation sites is 1. The van der Waals surface area contributed by atoms with Crippen molar-refractivity contribution in [3.8, 4) is 22.5 Å². The van der Waals surface area contributed by atoms with Crippen LogP contribution in [0, 0.1) is 0 Å². The van der Waals surface area contributed by atoms with Crippen molar-refractivity contribution in [2.75, 3.05) is 51.5 Å². The molecule has 3 aromatic rings. The van der Waals surface area contributed by atoms with Crippen molar-refractivity contribution < 1.29 is 28.6 Å². The second kappa shape index (κ2) is 18.6. The quantitative estimate of drug-likeness (QED) is 0.192. The molecule has 0 saturated carbocycles. The summed E-state index contributed by atoms with van der Waals surface area (Å²) in [5.41, 5.74) is 4.76. The Morgan fingerprint density at radius 2 is 1.63 bits per heavy atom. The van der Waals surface area contributed by atoms with Crippen molar-refractivity contribution >= 4 is 23.6 Å². The van der Waals surface area contributed by atoms with Crippen LogP contribution < -0.4 is 15.5 Å². The van der Waals surface area contributed by atoms with Gasteiger partial charge in [-0.2, -0.15) is 0 Å². The monoisotopic (exact) mass is 634 g/mol. The molecular weight excluding hydrogens is 588 g/mol. The molecule has 1 aliphatic heterocycles. The van der Waals surface area contributed by atoms with Crippen molar-refractivity contribution in [2.24, 2.45) is 0 Å². The van der Waals surface area contributed by atoms with E-state index in [4.69, 9.17) is 14.2 Å². The molecule has 12 heteroatoms. The van der Waals surface area contributed by atoms with Crippen LogP contribution in [0.2, 0.25) is 0 Å². The Morgan fingerprint density at radius 3 is 2.46 bits per heavy atom. The minimum absolute atomic E-state index is 0.106. The van der Waals surface area contributed by atoms with Crippen molar-refractivity contribution in [2.45, 2.75) is 65.0 Å². The normalized spacial score (nSPS) is 11.9. The number of ether oxygens (including phenoxy) is 3. The Morgan fingerprint density at radius 1 is 0.848 bits per heavy atom. The highest BCUT2D eigenvalue weighted by Gasteiger charge is 2.29. The Balaban J connectivity index is 1.42. The van der Waals surface area contributed by atoms with Gasteiger partial charge in [-0.3, -0.25) is 9.59 Å². The van der Waals surface area contributed by atoms with Crippen LogP contribution in [-0.4, -0.2) is 79.5 Å². The van der Waals surface area contributed by atoms with Crippen LogP contribution in [0.15, 0.2) is 48.5 Å². The Hall–Kier alpha value is -4.29. The molecule has 248 valence electrons. The largest absolute Gasteiger partial charge is 0.448 e. The van der Waals surface area contributed by atoms with Gasteiger partial charge in [-0.25, -0.2) is 9.48 Å². The summed E-state index contributed by atoms with van der Waals surface area (Å²) in [6.07, 6.45) is 4.53. The Labute approximate surface area is 270 Å². The lowest BCUT2D eigenvalue weighted by molar-refractivity contribution is -0.121. The second-order valence-corrected chi connectivity index (χ2v) is 11.1. The lowest BCUT2D eigenvalue weighted by atomic mass is 9.95. The van der Waals surface area contributed by atoms with Gasteiger partial charge in [-0.15, -0.1) is 5.10 Å². The molecule has 0 aliphatic carbocycles. The van der Waals surface area contributed by atoms with Gasteiger partial charge in [-0.05, 0) is 30.9 Å². The van der Waals surface area contributed by atoms with Crippen LogP contribution >= 0.6 is 0 Å². The van der Waals surface area contributed by atoms with E-state index in [0.717, 1.165) is 53.8 Å². The molecule has 0 unspecified atom stereocenters. The number of methoxy groups -OCH3 is 1. The van der Waals surface area contributed by atoms with Gasteiger partial charge in [0.05, 0.1) is 24.5 Å². The molecular formula is C34H46N6O6. The molecule has 0 atom stereocenters. The highest BCUT2D eigenvalue weighted by molar-refractivity contribution is 6.00. The third kappa shape index (κ3) is 9.85. The molecule has 1 aliphatic rings. The van der Waals surface area contributed by atoms with E-state index in [9.17, 15) is 14.4 Å². The number of unbranched alkanes of at least 4 members (excludes halogenated alkanes) is 2. The molecule has 0 radical (unpaired) electrons. The maximum Gasteiger partial charge on any atom is 0.407 e. The summed E-state index contributed by atoms with van der Waals surface area (Å²) < 4.78 is 17.7. The van der Waals surface area contributed by atoms with Crippen LogP contribution in [0.3, 0.4) is 0 Å². The van der Waals surface area contributed by atoms with Crippen LogP contribution in [0.25, 0.3) is 22.5 Å². The molecule has 2 heterocycles. The molecule has 12 nitrogen and oxygen atoms in total. The van der Waals surface area contributed by atoms with E-state index in [-0.39, 0.29) is 31.4 Å². The average molecular weight is 635 g/mol. The molecule has 2 aromatic carbocycles. The summed E-state index contributed by atoms with van der Waals surface area (Å²) in [6.45, 7) is 5.50. The summed E-state index contributed by atoms with van der Waals surface area (Å²) in [4.78, 5) is 39.9. The number of hydrogen-bond acceptors (Lipinski definition) is 8. The number of nitrogens with one attached hydrogen (secondary N) is 2. The fraction of sp³-hybridized carbons (Fsp3) is 0.500. The van der Waals surface area contributed by atoms with Gasteiger partial charge in [0.15, 0.2) is 0 Å². The summed E-state index contributed by atoms with van der Waals surface area (Å²) in [7, 11) is 1.66. The third-order valence-electron chi connectivity index (χ3n) is 7.66. The highest BCUT2D eigenvalue weighted by atomic mass is 16.5. The number of aromatic nitrogens is 3. The molecule has 0 spiro atoms. The SMILES string of the molecule is CCCCCNC(=O)OCCn1nnc2c1-c1ccccc1CN(C(=O)CCNC(=O)CCCOCCCOC)c1ccccc1-2. The number of amides is 3. The fourth-order valence-corrected chi connectivity index (χ4v) is 5.31.